The van der Waals surface area contributed by atoms with E-state index >= 15 is 0 Å². The minimum atomic E-state index is -0.259. The number of halogens is 2. The largest absolute Gasteiger partial charge is 0.304 e. The van der Waals surface area contributed by atoms with Crippen molar-refractivity contribution >= 4 is 21.6 Å². The zero-order valence-corrected chi connectivity index (χ0v) is 11.3. The van der Waals surface area contributed by atoms with Crippen molar-refractivity contribution in [3.63, 3.8) is 0 Å². The van der Waals surface area contributed by atoms with E-state index in [0.29, 0.717) is 4.47 Å². The molecule has 2 aromatic heterocycles. The van der Waals surface area contributed by atoms with Crippen LogP contribution in [0.4, 0.5) is 4.39 Å². The SMILES string of the molecule is Cc1cccc2nc(-c3ccc(F)cc3Br)cn12. The van der Waals surface area contributed by atoms with Gasteiger partial charge in [-0.3, -0.25) is 0 Å². The van der Waals surface area contributed by atoms with E-state index < -0.39 is 0 Å². The lowest BCUT2D eigenvalue weighted by Gasteiger charge is -2.00. The third kappa shape index (κ3) is 1.82. The molecule has 18 heavy (non-hydrogen) atoms. The van der Waals surface area contributed by atoms with Gasteiger partial charge in [-0.1, -0.05) is 6.07 Å². The number of benzene rings is 1. The number of pyridine rings is 1. The lowest BCUT2D eigenvalue weighted by molar-refractivity contribution is 0.627. The van der Waals surface area contributed by atoms with Gasteiger partial charge in [0.15, 0.2) is 0 Å². The average Bonchev–Trinajstić information content (AvgIpc) is 2.74. The van der Waals surface area contributed by atoms with Crippen LogP contribution < -0.4 is 0 Å². The van der Waals surface area contributed by atoms with Gasteiger partial charge in [0.1, 0.15) is 11.5 Å². The molecule has 0 atom stereocenters. The van der Waals surface area contributed by atoms with Gasteiger partial charge in [-0.2, -0.15) is 0 Å². The predicted molar refractivity (Wildman–Crippen MR) is 73.0 cm³/mol. The first kappa shape index (κ1) is 11.4. The van der Waals surface area contributed by atoms with Gasteiger partial charge in [0.05, 0.1) is 5.69 Å². The van der Waals surface area contributed by atoms with Gasteiger partial charge in [0.2, 0.25) is 0 Å². The molecule has 0 N–H and O–H groups in total. The lowest BCUT2D eigenvalue weighted by atomic mass is 10.2. The summed E-state index contributed by atoms with van der Waals surface area (Å²) < 4.78 is 15.8. The highest BCUT2D eigenvalue weighted by molar-refractivity contribution is 9.10. The first-order valence-corrected chi connectivity index (χ1v) is 6.34. The molecule has 3 rings (SSSR count). The molecule has 1 aromatic carbocycles. The van der Waals surface area contributed by atoms with E-state index in [1.807, 2.05) is 35.7 Å². The Bertz CT molecular complexity index is 734. The second kappa shape index (κ2) is 4.21. The van der Waals surface area contributed by atoms with Crippen LogP contribution in [0.2, 0.25) is 0 Å². The van der Waals surface area contributed by atoms with Crippen molar-refractivity contribution in [2.75, 3.05) is 0 Å². The minimum absolute atomic E-state index is 0.259. The fraction of sp³-hybridized carbons (Fsp3) is 0.0714. The zero-order chi connectivity index (χ0) is 12.7. The highest BCUT2D eigenvalue weighted by atomic mass is 79.9. The van der Waals surface area contributed by atoms with Gasteiger partial charge >= 0.3 is 0 Å². The summed E-state index contributed by atoms with van der Waals surface area (Å²) in [6.07, 6.45) is 1.96. The zero-order valence-electron chi connectivity index (χ0n) is 9.69. The lowest BCUT2D eigenvalue weighted by Crippen LogP contribution is -1.86. The third-order valence-corrected chi connectivity index (χ3v) is 3.56. The summed E-state index contributed by atoms with van der Waals surface area (Å²) in [5, 5.41) is 0. The van der Waals surface area contributed by atoms with Gasteiger partial charge in [-0.15, -0.1) is 0 Å². The topological polar surface area (TPSA) is 17.3 Å². The second-order valence-corrected chi connectivity index (χ2v) is 5.00. The van der Waals surface area contributed by atoms with Gasteiger partial charge in [0.25, 0.3) is 0 Å². The van der Waals surface area contributed by atoms with E-state index in [1.165, 1.54) is 12.1 Å². The molecular formula is C14H10BrFN2. The maximum absolute atomic E-state index is 13.1. The molecule has 4 heteroatoms. The molecular weight excluding hydrogens is 295 g/mol. The van der Waals surface area contributed by atoms with Crippen LogP contribution in [0.1, 0.15) is 5.69 Å². The average molecular weight is 305 g/mol. The highest BCUT2D eigenvalue weighted by Crippen LogP contribution is 2.28. The summed E-state index contributed by atoms with van der Waals surface area (Å²) in [5.41, 5.74) is 3.72. The quantitative estimate of drug-likeness (QED) is 0.658. The van der Waals surface area contributed by atoms with E-state index in [1.54, 1.807) is 6.07 Å². The molecule has 2 nitrogen and oxygen atoms in total. The summed E-state index contributed by atoms with van der Waals surface area (Å²) in [6, 6.07) is 10.6. The van der Waals surface area contributed by atoms with Crippen LogP contribution in [0.25, 0.3) is 16.9 Å². The van der Waals surface area contributed by atoms with Crippen LogP contribution in [0.15, 0.2) is 47.1 Å². The van der Waals surface area contributed by atoms with Crippen LogP contribution in [0.5, 0.6) is 0 Å². The number of rotatable bonds is 1. The molecule has 0 spiro atoms. The Morgan fingerprint density at radius 2 is 2.06 bits per heavy atom. The molecule has 0 fully saturated rings. The summed E-state index contributed by atoms with van der Waals surface area (Å²) in [4.78, 5) is 4.54. The van der Waals surface area contributed by atoms with Gasteiger partial charge in [-0.05, 0) is 53.2 Å². The molecule has 90 valence electrons. The molecule has 0 bridgehead atoms. The monoisotopic (exact) mass is 304 g/mol. The Balaban J connectivity index is 2.23. The second-order valence-electron chi connectivity index (χ2n) is 4.15. The molecule has 0 amide bonds. The molecule has 0 saturated carbocycles. The Labute approximate surface area is 112 Å². The Kier molecular flexibility index (Phi) is 2.67. The summed E-state index contributed by atoms with van der Waals surface area (Å²) in [6.45, 7) is 2.03. The summed E-state index contributed by atoms with van der Waals surface area (Å²) >= 11 is 3.37. The Morgan fingerprint density at radius 3 is 2.78 bits per heavy atom. The molecule has 0 aliphatic heterocycles. The van der Waals surface area contributed by atoms with E-state index in [4.69, 9.17) is 0 Å². The Hall–Kier alpha value is -1.68. The number of hydrogen-bond acceptors (Lipinski definition) is 1. The van der Waals surface area contributed by atoms with Crippen molar-refractivity contribution in [2.45, 2.75) is 6.92 Å². The predicted octanol–water partition coefficient (Wildman–Crippen LogP) is 4.21. The van der Waals surface area contributed by atoms with Crippen molar-refractivity contribution in [1.82, 2.24) is 9.38 Å². The molecule has 3 aromatic rings. The van der Waals surface area contributed by atoms with Crippen LogP contribution in [-0.4, -0.2) is 9.38 Å². The summed E-state index contributed by atoms with van der Waals surface area (Å²) in [5.74, 6) is -0.259. The molecule has 0 aliphatic carbocycles. The van der Waals surface area contributed by atoms with E-state index in [-0.39, 0.29) is 5.82 Å². The minimum Gasteiger partial charge on any atom is -0.304 e. The molecule has 0 unspecified atom stereocenters. The maximum atomic E-state index is 13.1. The fourth-order valence-corrected chi connectivity index (χ4v) is 2.53. The number of hydrogen-bond donors (Lipinski definition) is 0. The van der Waals surface area contributed by atoms with E-state index in [9.17, 15) is 4.39 Å². The maximum Gasteiger partial charge on any atom is 0.137 e. The van der Waals surface area contributed by atoms with Crippen molar-refractivity contribution in [2.24, 2.45) is 0 Å². The Morgan fingerprint density at radius 1 is 1.22 bits per heavy atom. The van der Waals surface area contributed by atoms with E-state index in [0.717, 1.165) is 22.6 Å². The smallest absolute Gasteiger partial charge is 0.137 e. The van der Waals surface area contributed by atoms with Crippen molar-refractivity contribution < 1.29 is 4.39 Å². The standard InChI is InChI=1S/C14H10BrFN2/c1-9-3-2-4-14-17-13(8-18(9)14)11-6-5-10(16)7-12(11)15/h2-8H,1H3. The van der Waals surface area contributed by atoms with Gasteiger partial charge in [0, 0.05) is 21.9 Å². The van der Waals surface area contributed by atoms with Gasteiger partial charge in [-0.25, -0.2) is 9.37 Å². The summed E-state index contributed by atoms with van der Waals surface area (Å²) in [7, 11) is 0. The third-order valence-electron chi connectivity index (χ3n) is 2.90. The molecule has 0 saturated heterocycles. The molecule has 2 heterocycles. The molecule has 0 aliphatic rings. The highest BCUT2D eigenvalue weighted by Gasteiger charge is 2.09. The number of aryl methyl sites for hydroxylation is 1. The van der Waals surface area contributed by atoms with Crippen LogP contribution in [-0.2, 0) is 0 Å². The van der Waals surface area contributed by atoms with Crippen LogP contribution in [0.3, 0.4) is 0 Å². The van der Waals surface area contributed by atoms with Gasteiger partial charge < -0.3 is 4.40 Å². The van der Waals surface area contributed by atoms with Crippen molar-refractivity contribution in [3.05, 3.63) is 58.6 Å². The van der Waals surface area contributed by atoms with E-state index in [2.05, 4.69) is 20.9 Å². The van der Waals surface area contributed by atoms with Crippen LogP contribution in [0, 0.1) is 12.7 Å². The molecule has 0 radical (unpaired) electrons. The normalized spacial score (nSPS) is 11.1. The number of nitrogens with zero attached hydrogens (tertiary/aromatic N) is 2. The number of imidazole rings is 1. The van der Waals surface area contributed by atoms with Crippen molar-refractivity contribution in [1.29, 1.82) is 0 Å². The van der Waals surface area contributed by atoms with Crippen LogP contribution >= 0.6 is 15.9 Å². The fourth-order valence-electron chi connectivity index (χ4n) is 1.98. The number of fused-ring (bicyclic) bond motifs is 1. The van der Waals surface area contributed by atoms with Crippen molar-refractivity contribution in [3.8, 4) is 11.3 Å². The number of aromatic nitrogens is 2. The first-order chi connectivity index (χ1) is 8.65. The first-order valence-electron chi connectivity index (χ1n) is 5.55.